The highest BCUT2D eigenvalue weighted by Crippen LogP contribution is 2.33. The number of hydrogen-bond donors (Lipinski definition) is 1. The van der Waals surface area contributed by atoms with E-state index < -0.39 is 37.1 Å². The van der Waals surface area contributed by atoms with E-state index in [9.17, 15) is 35.8 Å². The zero-order valence-corrected chi connectivity index (χ0v) is 15.8. The lowest BCUT2D eigenvalue weighted by Gasteiger charge is -2.37. The van der Waals surface area contributed by atoms with Crippen LogP contribution in [0, 0.1) is 5.92 Å². The number of halogens is 7. The topological polar surface area (TPSA) is 32.7 Å². The number of para-hydroxylation sites is 1. The van der Waals surface area contributed by atoms with Crippen LogP contribution in [0.25, 0.3) is 0 Å². The molecule has 1 unspecified atom stereocenters. The largest absolute Gasteiger partial charge is 0.461 e. The summed E-state index contributed by atoms with van der Waals surface area (Å²) in [6, 6.07) is 4.84. The van der Waals surface area contributed by atoms with Gasteiger partial charge >= 0.3 is 18.7 Å². The number of aliphatic hydroxyl groups excluding tert-OH is 1. The minimum atomic E-state index is -4.83. The number of nitrogens with zero attached hydrogens (tertiary/aromatic N) is 1. The maximum absolute atomic E-state index is 13.3. The van der Waals surface area contributed by atoms with E-state index in [0.717, 1.165) is 18.9 Å². The van der Waals surface area contributed by atoms with Gasteiger partial charge in [0.15, 0.2) is 6.10 Å². The molecule has 2 rings (SSSR count). The van der Waals surface area contributed by atoms with Crippen LogP contribution in [-0.4, -0.2) is 47.4 Å². The zero-order valence-electron chi connectivity index (χ0n) is 15.8. The molecule has 0 aliphatic heterocycles. The number of aliphatic hydroxyl groups is 1. The lowest BCUT2D eigenvalue weighted by molar-refractivity contribution is -0.253. The van der Waals surface area contributed by atoms with E-state index in [1.807, 2.05) is 6.92 Å². The smallest absolute Gasteiger partial charge is 0.428 e. The van der Waals surface area contributed by atoms with Crippen molar-refractivity contribution >= 4 is 0 Å². The minimum absolute atomic E-state index is 0.0424. The lowest BCUT2D eigenvalue weighted by Crippen LogP contribution is -2.46. The van der Waals surface area contributed by atoms with Gasteiger partial charge < -0.3 is 9.84 Å². The first-order chi connectivity index (χ1) is 13.4. The quantitative estimate of drug-likeness (QED) is 0.573. The summed E-state index contributed by atoms with van der Waals surface area (Å²) in [4.78, 5) is 1.37. The molecule has 0 amide bonds. The van der Waals surface area contributed by atoms with Gasteiger partial charge in [0, 0.05) is 24.7 Å². The molecule has 1 fully saturated rings. The molecule has 1 aliphatic rings. The summed E-state index contributed by atoms with van der Waals surface area (Å²) in [6.45, 7) is 1.03. The van der Waals surface area contributed by atoms with Crippen molar-refractivity contribution in [3.8, 4) is 5.75 Å². The van der Waals surface area contributed by atoms with Crippen molar-refractivity contribution in [3.05, 3.63) is 29.8 Å². The van der Waals surface area contributed by atoms with Crippen molar-refractivity contribution in [1.29, 1.82) is 0 Å². The molecular weight excluding hydrogens is 407 g/mol. The highest BCUT2D eigenvalue weighted by molar-refractivity contribution is 5.33. The van der Waals surface area contributed by atoms with Crippen molar-refractivity contribution in [2.24, 2.45) is 5.92 Å². The Hall–Kier alpha value is -1.55. The molecule has 0 aromatic heterocycles. The van der Waals surface area contributed by atoms with Gasteiger partial charge in [-0.2, -0.15) is 30.7 Å². The van der Waals surface area contributed by atoms with Gasteiger partial charge in [0.2, 0.25) is 0 Å². The molecule has 1 N–H and O–H groups in total. The molecule has 1 saturated carbocycles. The van der Waals surface area contributed by atoms with Gasteiger partial charge in [-0.15, -0.1) is 0 Å². The zero-order chi connectivity index (χ0) is 21.8. The van der Waals surface area contributed by atoms with Crippen LogP contribution >= 0.6 is 0 Å². The molecule has 10 heteroatoms. The molecule has 0 heterocycles. The molecule has 1 aromatic rings. The second-order valence-corrected chi connectivity index (χ2v) is 7.47. The van der Waals surface area contributed by atoms with E-state index in [2.05, 4.69) is 4.74 Å². The third kappa shape index (κ3) is 6.74. The standard InChI is InChI=1S/C19H24F7NO2/c1-12-6-8-14(9-7-12)27(11-16(28)18(22,23)24)10-13-4-2-3-5-15(13)29-19(25,26)17(20)21/h2-5,12,14,16-17,28H,6-11H2,1H3. The minimum Gasteiger partial charge on any atom is -0.428 e. The Morgan fingerprint density at radius 3 is 2.21 bits per heavy atom. The summed E-state index contributed by atoms with van der Waals surface area (Å²) in [5.74, 6) is -0.116. The van der Waals surface area contributed by atoms with Gasteiger partial charge in [0.05, 0.1) is 0 Å². The van der Waals surface area contributed by atoms with Gasteiger partial charge in [-0.05, 0) is 37.7 Å². The molecule has 3 nitrogen and oxygen atoms in total. The van der Waals surface area contributed by atoms with Crippen molar-refractivity contribution in [1.82, 2.24) is 4.90 Å². The third-order valence-electron chi connectivity index (χ3n) is 5.13. The fourth-order valence-electron chi connectivity index (χ4n) is 3.42. The maximum atomic E-state index is 13.3. The van der Waals surface area contributed by atoms with Crippen molar-refractivity contribution < 1.29 is 40.6 Å². The SMILES string of the molecule is CC1CCC(N(Cc2ccccc2OC(F)(F)C(F)F)CC(O)C(F)(F)F)CC1. The highest BCUT2D eigenvalue weighted by atomic mass is 19.4. The van der Waals surface area contributed by atoms with Crippen LogP contribution in [0.4, 0.5) is 30.7 Å². The maximum Gasteiger partial charge on any atom is 0.461 e. The van der Waals surface area contributed by atoms with E-state index in [-0.39, 0.29) is 18.2 Å². The Morgan fingerprint density at radius 1 is 1.07 bits per heavy atom. The molecular formula is C19H24F7NO2. The van der Waals surface area contributed by atoms with Crippen LogP contribution in [0.3, 0.4) is 0 Å². The van der Waals surface area contributed by atoms with Crippen LogP contribution in [0.5, 0.6) is 5.75 Å². The lowest BCUT2D eigenvalue weighted by atomic mass is 9.86. The number of benzene rings is 1. The number of hydrogen-bond acceptors (Lipinski definition) is 3. The van der Waals surface area contributed by atoms with Gasteiger partial charge in [0.1, 0.15) is 5.75 Å². The molecule has 0 bridgehead atoms. The summed E-state index contributed by atoms with van der Waals surface area (Å²) in [5.41, 5.74) is 0.0424. The van der Waals surface area contributed by atoms with Gasteiger partial charge in [-0.25, -0.2) is 0 Å². The summed E-state index contributed by atoms with van der Waals surface area (Å²) in [5, 5.41) is 9.53. The third-order valence-corrected chi connectivity index (χ3v) is 5.13. The Kier molecular flexibility index (Phi) is 7.78. The van der Waals surface area contributed by atoms with Crippen molar-refractivity contribution in [3.63, 3.8) is 0 Å². The molecule has 1 atom stereocenters. The number of ether oxygens (including phenoxy) is 1. The first kappa shape index (κ1) is 23.7. The Balaban J connectivity index is 2.24. The van der Waals surface area contributed by atoms with Crippen LogP contribution in [0.15, 0.2) is 24.3 Å². The molecule has 29 heavy (non-hydrogen) atoms. The van der Waals surface area contributed by atoms with Crippen molar-refractivity contribution in [2.75, 3.05) is 6.54 Å². The Bertz CT molecular complexity index is 646. The van der Waals surface area contributed by atoms with E-state index in [1.165, 1.54) is 23.1 Å². The monoisotopic (exact) mass is 431 g/mol. The molecule has 0 saturated heterocycles. The molecule has 1 aromatic carbocycles. The summed E-state index contributed by atoms with van der Waals surface area (Å²) >= 11 is 0. The second kappa shape index (κ2) is 9.51. The molecule has 166 valence electrons. The predicted molar refractivity (Wildman–Crippen MR) is 91.9 cm³/mol. The Labute approximate surface area is 164 Å². The predicted octanol–water partition coefficient (Wildman–Crippen LogP) is 5.23. The second-order valence-electron chi connectivity index (χ2n) is 7.47. The van der Waals surface area contributed by atoms with Gasteiger partial charge in [0.25, 0.3) is 0 Å². The van der Waals surface area contributed by atoms with Crippen LogP contribution in [0.2, 0.25) is 0 Å². The van der Waals surface area contributed by atoms with Crippen LogP contribution in [0.1, 0.15) is 38.2 Å². The first-order valence-electron chi connectivity index (χ1n) is 9.32. The van der Waals surface area contributed by atoms with E-state index >= 15 is 0 Å². The molecule has 0 radical (unpaired) electrons. The molecule has 0 spiro atoms. The number of alkyl halides is 7. The average molecular weight is 431 g/mol. The first-order valence-corrected chi connectivity index (χ1v) is 9.32. The molecule has 1 aliphatic carbocycles. The normalized spacial score (nSPS) is 22.2. The van der Waals surface area contributed by atoms with Gasteiger partial charge in [-0.1, -0.05) is 25.1 Å². The van der Waals surface area contributed by atoms with E-state index in [1.54, 1.807) is 0 Å². The Morgan fingerprint density at radius 2 is 1.66 bits per heavy atom. The summed E-state index contributed by atoms with van der Waals surface area (Å²) < 4.78 is 94.5. The summed E-state index contributed by atoms with van der Waals surface area (Å²) in [6.07, 6.45) is -13.5. The van der Waals surface area contributed by atoms with Gasteiger partial charge in [-0.3, -0.25) is 4.90 Å². The van der Waals surface area contributed by atoms with Crippen LogP contribution in [-0.2, 0) is 6.54 Å². The summed E-state index contributed by atoms with van der Waals surface area (Å²) in [7, 11) is 0. The number of rotatable bonds is 8. The van der Waals surface area contributed by atoms with E-state index in [0.29, 0.717) is 18.8 Å². The van der Waals surface area contributed by atoms with E-state index in [4.69, 9.17) is 0 Å². The highest BCUT2D eigenvalue weighted by Gasteiger charge is 2.45. The van der Waals surface area contributed by atoms with Crippen molar-refractivity contribution in [2.45, 2.75) is 70.0 Å². The fraction of sp³-hybridized carbons (Fsp3) is 0.684. The van der Waals surface area contributed by atoms with Crippen LogP contribution < -0.4 is 4.74 Å². The average Bonchev–Trinajstić information content (AvgIpc) is 2.62. The fourth-order valence-corrected chi connectivity index (χ4v) is 3.42.